The molecule has 170 valence electrons. The fourth-order valence-electron chi connectivity index (χ4n) is 2.72. The van der Waals surface area contributed by atoms with Crippen LogP contribution in [0.4, 0.5) is 0 Å². The Kier molecular flexibility index (Phi) is 8.43. The predicted octanol–water partition coefficient (Wildman–Crippen LogP) is 4.88. The Balaban J connectivity index is 1.61. The van der Waals surface area contributed by atoms with Crippen molar-refractivity contribution in [2.24, 2.45) is 5.10 Å². The van der Waals surface area contributed by atoms with Gasteiger partial charge in [0, 0.05) is 5.02 Å². The summed E-state index contributed by atoms with van der Waals surface area (Å²) in [5.41, 5.74) is 3.51. The van der Waals surface area contributed by atoms with Crippen molar-refractivity contribution in [1.82, 2.24) is 5.43 Å². The standard InChI is InChI=1S/C25H23ClN2O5/c1-3-31-23-15-18(9-14-22(23)33-25(30)19-7-5-4-6-8-19)16-27-28-24(29)17(2)32-21-12-10-20(26)11-13-21/h4-17H,3H2,1-2H3,(H,28,29)/b27-16-/t17-/m0/s1. The van der Waals surface area contributed by atoms with E-state index in [0.717, 1.165) is 0 Å². The van der Waals surface area contributed by atoms with Gasteiger partial charge in [-0.15, -0.1) is 0 Å². The monoisotopic (exact) mass is 466 g/mol. The summed E-state index contributed by atoms with van der Waals surface area (Å²) in [6, 6.07) is 20.4. The van der Waals surface area contributed by atoms with Gasteiger partial charge < -0.3 is 14.2 Å². The molecule has 1 N–H and O–H groups in total. The molecule has 0 aliphatic rings. The van der Waals surface area contributed by atoms with Gasteiger partial charge >= 0.3 is 5.97 Å². The molecule has 0 saturated carbocycles. The summed E-state index contributed by atoms with van der Waals surface area (Å²) < 4.78 is 16.6. The predicted molar refractivity (Wildman–Crippen MR) is 126 cm³/mol. The minimum absolute atomic E-state index is 0.289. The first-order valence-electron chi connectivity index (χ1n) is 10.3. The molecule has 1 amide bonds. The van der Waals surface area contributed by atoms with E-state index in [1.807, 2.05) is 13.0 Å². The lowest BCUT2D eigenvalue weighted by atomic mass is 10.2. The number of amides is 1. The Morgan fingerprint density at radius 1 is 1.03 bits per heavy atom. The highest BCUT2D eigenvalue weighted by atomic mass is 35.5. The fraction of sp³-hybridized carbons (Fsp3) is 0.160. The number of ether oxygens (including phenoxy) is 3. The molecule has 1 atom stereocenters. The number of halogens is 1. The van der Waals surface area contributed by atoms with E-state index in [9.17, 15) is 9.59 Å². The van der Waals surface area contributed by atoms with Crippen LogP contribution in [0.2, 0.25) is 5.02 Å². The van der Waals surface area contributed by atoms with Crippen LogP contribution in [0.5, 0.6) is 17.2 Å². The van der Waals surface area contributed by atoms with E-state index in [4.69, 9.17) is 25.8 Å². The van der Waals surface area contributed by atoms with Gasteiger partial charge in [-0.3, -0.25) is 4.79 Å². The van der Waals surface area contributed by atoms with Gasteiger partial charge in [-0.1, -0.05) is 29.8 Å². The summed E-state index contributed by atoms with van der Waals surface area (Å²) in [6.07, 6.45) is 0.695. The number of hydrogen-bond donors (Lipinski definition) is 1. The van der Waals surface area contributed by atoms with Crippen molar-refractivity contribution in [2.45, 2.75) is 20.0 Å². The van der Waals surface area contributed by atoms with Crippen molar-refractivity contribution in [3.63, 3.8) is 0 Å². The first-order chi connectivity index (χ1) is 16.0. The maximum absolute atomic E-state index is 12.3. The van der Waals surface area contributed by atoms with Gasteiger partial charge in [-0.2, -0.15) is 5.10 Å². The zero-order valence-electron chi connectivity index (χ0n) is 18.2. The summed E-state index contributed by atoms with van der Waals surface area (Å²) in [5, 5.41) is 4.55. The Morgan fingerprint density at radius 3 is 2.45 bits per heavy atom. The number of nitrogens with zero attached hydrogens (tertiary/aromatic N) is 1. The molecular formula is C25H23ClN2O5. The molecule has 0 spiro atoms. The lowest BCUT2D eigenvalue weighted by Gasteiger charge is -2.13. The number of benzene rings is 3. The van der Waals surface area contributed by atoms with Gasteiger partial charge in [0.1, 0.15) is 5.75 Å². The van der Waals surface area contributed by atoms with Crippen LogP contribution in [0, 0.1) is 0 Å². The van der Waals surface area contributed by atoms with E-state index < -0.39 is 18.0 Å². The minimum atomic E-state index is -0.762. The van der Waals surface area contributed by atoms with Gasteiger partial charge in [0.25, 0.3) is 5.91 Å². The van der Waals surface area contributed by atoms with Crippen LogP contribution in [0.25, 0.3) is 0 Å². The molecule has 33 heavy (non-hydrogen) atoms. The molecule has 0 heterocycles. The van der Waals surface area contributed by atoms with Crippen LogP contribution in [0.1, 0.15) is 29.8 Å². The van der Waals surface area contributed by atoms with Crippen molar-refractivity contribution in [1.29, 1.82) is 0 Å². The SMILES string of the molecule is CCOc1cc(/C=N\NC(=O)[C@H](C)Oc2ccc(Cl)cc2)ccc1OC(=O)c1ccccc1. The molecule has 3 rings (SSSR count). The van der Waals surface area contributed by atoms with Gasteiger partial charge in [0.05, 0.1) is 18.4 Å². The molecule has 0 saturated heterocycles. The Bertz CT molecular complexity index is 1120. The number of carbonyl (C=O) groups excluding carboxylic acids is 2. The van der Waals surface area contributed by atoms with Gasteiger partial charge in [-0.05, 0) is 74.0 Å². The first kappa shape index (κ1) is 23.8. The molecule has 0 aromatic heterocycles. The highest BCUT2D eigenvalue weighted by molar-refractivity contribution is 6.30. The van der Waals surface area contributed by atoms with Crippen LogP contribution in [0.3, 0.4) is 0 Å². The second-order valence-corrected chi connectivity index (χ2v) is 7.28. The summed E-state index contributed by atoms with van der Waals surface area (Å²) in [6.45, 7) is 3.82. The summed E-state index contributed by atoms with van der Waals surface area (Å²) >= 11 is 5.84. The Hall–Kier alpha value is -3.84. The van der Waals surface area contributed by atoms with Gasteiger partial charge in [-0.25, -0.2) is 10.2 Å². The largest absolute Gasteiger partial charge is 0.490 e. The van der Waals surface area contributed by atoms with Crippen LogP contribution < -0.4 is 19.6 Å². The molecule has 0 bridgehead atoms. The maximum atomic E-state index is 12.3. The normalized spacial score (nSPS) is 11.6. The molecule has 8 heteroatoms. The van der Waals surface area contributed by atoms with Crippen LogP contribution in [0.15, 0.2) is 77.9 Å². The third-order valence-corrected chi connectivity index (χ3v) is 4.62. The van der Waals surface area contributed by atoms with E-state index >= 15 is 0 Å². The third-order valence-electron chi connectivity index (χ3n) is 4.36. The summed E-state index contributed by atoms with van der Waals surface area (Å²) in [7, 11) is 0. The van der Waals surface area contributed by atoms with E-state index in [-0.39, 0.29) is 5.75 Å². The summed E-state index contributed by atoms with van der Waals surface area (Å²) in [4.78, 5) is 24.6. The average Bonchev–Trinajstić information content (AvgIpc) is 2.82. The number of esters is 1. The van der Waals surface area contributed by atoms with Crippen molar-refractivity contribution < 1.29 is 23.8 Å². The summed E-state index contributed by atoms with van der Waals surface area (Å²) in [5.74, 6) is 0.293. The smallest absolute Gasteiger partial charge is 0.343 e. The fourth-order valence-corrected chi connectivity index (χ4v) is 2.85. The zero-order valence-corrected chi connectivity index (χ0v) is 18.9. The molecule has 3 aromatic carbocycles. The number of hydrazone groups is 1. The number of carbonyl (C=O) groups is 2. The van der Waals surface area contributed by atoms with Crippen LogP contribution in [-0.2, 0) is 4.79 Å². The first-order valence-corrected chi connectivity index (χ1v) is 10.6. The third kappa shape index (κ3) is 7.08. The lowest BCUT2D eigenvalue weighted by molar-refractivity contribution is -0.127. The highest BCUT2D eigenvalue weighted by Crippen LogP contribution is 2.29. The van der Waals surface area contributed by atoms with Crippen LogP contribution in [-0.4, -0.2) is 30.8 Å². The molecule has 7 nitrogen and oxygen atoms in total. The Labute approximate surface area is 196 Å². The van der Waals surface area contributed by atoms with Crippen molar-refractivity contribution in [3.05, 3.63) is 88.9 Å². The van der Waals surface area contributed by atoms with Gasteiger partial charge in [0.2, 0.25) is 0 Å². The molecule has 0 aliphatic carbocycles. The molecule has 0 fully saturated rings. The van der Waals surface area contributed by atoms with Crippen molar-refractivity contribution in [3.8, 4) is 17.2 Å². The second kappa shape index (κ2) is 11.7. The second-order valence-electron chi connectivity index (χ2n) is 6.84. The minimum Gasteiger partial charge on any atom is -0.490 e. The van der Waals surface area contributed by atoms with Crippen molar-refractivity contribution in [2.75, 3.05) is 6.61 Å². The zero-order chi connectivity index (χ0) is 23.6. The maximum Gasteiger partial charge on any atom is 0.343 e. The molecular weight excluding hydrogens is 444 g/mol. The molecule has 0 unspecified atom stereocenters. The molecule has 3 aromatic rings. The molecule has 0 radical (unpaired) electrons. The van der Waals surface area contributed by atoms with Crippen LogP contribution >= 0.6 is 11.6 Å². The van der Waals surface area contributed by atoms with Crippen molar-refractivity contribution >= 4 is 29.7 Å². The van der Waals surface area contributed by atoms with Gasteiger partial charge in [0.15, 0.2) is 17.6 Å². The average molecular weight is 467 g/mol. The highest BCUT2D eigenvalue weighted by Gasteiger charge is 2.15. The quantitative estimate of drug-likeness (QED) is 0.210. The van der Waals surface area contributed by atoms with E-state index in [1.165, 1.54) is 6.21 Å². The number of hydrogen-bond acceptors (Lipinski definition) is 6. The van der Waals surface area contributed by atoms with E-state index in [0.29, 0.717) is 34.3 Å². The van der Waals surface area contributed by atoms with E-state index in [2.05, 4.69) is 10.5 Å². The topological polar surface area (TPSA) is 86.2 Å². The Morgan fingerprint density at radius 2 is 1.76 bits per heavy atom. The lowest BCUT2D eigenvalue weighted by Crippen LogP contribution is -2.33. The number of rotatable bonds is 9. The molecule has 0 aliphatic heterocycles. The number of nitrogens with one attached hydrogen (secondary N) is 1. The van der Waals surface area contributed by atoms with E-state index in [1.54, 1.807) is 73.7 Å².